The number of ketones is 1. The maximum absolute atomic E-state index is 12.9. The van der Waals surface area contributed by atoms with Crippen LogP contribution in [0.3, 0.4) is 0 Å². The number of benzene rings is 1. The molecule has 2 heterocycles. The molecule has 2 N–H and O–H groups in total. The van der Waals surface area contributed by atoms with E-state index in [9.17, 15) is 24.0 Å². The Labute approximate surface area is 192 Å². The number of carbonyl (C=O) groups is 3. The average Bonchev–Trinajstić information content (AvgIpc) is 3.36. The number of furan rings is 1. The lowest BCUT2D eigenvalue weighted by molar-refractivity contribution is -0.141. The first-order valence-electron chi connectivity index (χ1n) is 9.97. The zero-order valence-electron chi connectivity index (χ0n) is 18.1. The number of nitrogens with zero attached hydrogens (tertiary/aromatic N) is 2. The monoisotopic (exact) mass is 467 g/mol. The highest BCUT2D eigenvalue weighted by Crippen LogP contribution is 2.10. The van der Waals surface area contributed by atoms with Gasteiger partial charge in [0.25, 0.3) is 5.56 Å². The summed E-state index contributed by atoms with van der Waals surface area (Å²) in [5.74, 6) is -2.69. The van der Waals surface area contributed by atoms with Gasteiger partial charge in [0.1, 0.15) is 23.7 Å². The standard InChI is InChI=1S/C23H21N3O8/c1-32-19(29)13-26-22(30)20(17(27)14-34-18(28)10-9-16-8-5-11-33-16)21(24)25(23(26)31)12-15-6-3-2-4-7-15/h2-11H,12-14,24H2,1H3/b10-9+. The van der Waals surface area contributed by atoms with Crippen LogP contribution in [0.25, 0.3) is 6.08 Å². The molecule has 3 rings (SSSR count). The van der Waals surface area contributed by atoms with Gasteiger partial charge in [-0.05, 0) is 23.8 Å². The number of Topliss-reactive ketones (excluding diaryl/α,β-unsaturated/α-hetero) is 1. The Kier molecular flexibility index (Phi) is 7.60. The molecule has 11 nitrogen and oxygen atoms in total. The van der Waals surface area contributed by atoms with Crippen molar-refractivity contribution in [1.29, 1.82) is 0 Å². The fourth-order valence-electron chi connectivity index (χ4n) is 3.02. The van der Waals surface area contributed by atoms with Crippen LogP contribution in [0.2, 0.25) is 0 Å². The molecule has 3 aromatic rings. The molecule has 0 saturated heterocycles. The molecule has 0 aliphatic rings. The summed E-state index contributed by atoms with van der Waals surface area (Å²) >= 11 is 0. The van der Waals surface area contributed by atoms with Crippen LogP contribution < -0.4 is 17.0 Å². The van der Waals surface area contributed by atoms with Gasteiger partial charge in [0.15, 0.2) is 6.61 Å². The van der Waals surface area contributed by atoms with Gasteiger partial charge >= 0.3 is 17.6 Å². The fourth-order valence-corrected chi connectivity index (χ4v) is 3.02. The number of nitrogens with two attached hydrogens (primary N) is 1. The van der Waals surface area contributed by atoms with Gasteiger partial charge in [-0.3, -0.25) is 19.0 Å². The first-order chi connectivity index (χ1) is 16.3. The first-order valence-corrected chi connectivity index (χ1v) is 9.97. The summed E-state index contributed by atoms with van der Waals surface area (Å²) in [6.07, 6.45) is 3.80. The molecule has 0 spiro atoms. The van der Waals surface area contributed by atoms with Crippen LogP contribution in [0, 0.1) is 0 Å². The number of anilines is 1. The summed E-state index contributed by atoms with van der Waals surface area (Å²) in [4.78, 5) is 62.3. The molecule has 34 heavy (non-hydrogen) atoms. The Hall–Kier alpha value is -4.67. The average molecular weight is 467 g/mol. The number of hydrogen-bond acceptors (Lipinski definition) is 9. The second kappa shape index (κ2) is 10.8. The third kappa shape index (κ3) is 5.57. The van der Waals surface area contributed by atoms with Crippen LogP contribution in [-0.4, -0.2) is 40.6 Å². The largest absolute Gasteiger partial charge is 0.468 e. The predicted octanol–water partition coefficient (Wildman–Crippen LogP) is 0.846. The summed E-state index contributed by atoms with van der Waals surface area (Å²) in [7, 11) is 1.09. The Morgan fingerprint density at radius 3 is 2.44 bits per heavy atom. The van der Waals surface area contributed by atoms with Gasteiger partial charge in [-0.1, -0.05) is 30.3 Å². The Morgan fingerprint density at radius 1 is 1.06 bits per heavy atom. The van der Waals surface area contributed by atoms with E-state index < -0.39 is 53.5 Å². The van der Waals surface area contributed by atoms with Gasteiger partial charge in [-0.25, -0.2) is 14.2 Å². The Balaban J connectivity index is 1.93. The van der Waals surface area contributed by atoms with E-state index in [-0.39, 0.29) is 6.54 Å². The maximum atomic E-state index is 12.9. The van der Waals surface area contributed by atoms with Crippen LogP contribution in [0.15, 0.2) is 68.8 Å². The van der Waals surface area contributed by atoms with Crippen LogP contribution in [-0.2, 0) is 32.2 Å². The predicted molar refractivity (Wildman–Crippen MR) is 120 cm³/mol. The number of aromatic nitrogens is 2. The van der Waals surface area contributed by atoms with E-state index in [1.807, 2.05) is 0 Å². The van der Waals surface area contributed by atoms with Gasteiger partial charge in [0.2, 0.25) is 5.78 Å². The van der Waals surface area contributed by atoms with Gasteiger partial charge in [0.05, 0.1) is 19.9 Å². The van der Waals surface area contributed by atoms with E-state index in [1.54, 1.807) is 42.5 Å². The molecular weight excluding hydrogens is 446 g/mol. The molecule has 2 aromatic heterocycles. The zero-order chi connectivity index (χ0) is 24.7. The topological polar surface area (TPSA) is 153 Å². The number of rotatable bonds is 9. The zero-order valence-corrected chi connectivity index (χ0v) is 18.1. The van der Waals surface area contributed by atoms with E-state index >= 15 is 0 Å². The highest BCUT2D eigenvalue weighted by molar-refractivity contribution is 6.02. The molecular formula is C23H21N3O8. The van der Waals surface area contributed by atoms with Crippen molar-refractivity contribution in [3.8, 4) is 0 Å². The Bertz CT molecular complexity index is 1340. The van der Waals surface area contributed by atoms with E-state index in [2.05, 4.69) is 4.74 Å². The first kappa shape index (κ1) is 24.0. The Morgan fingerprint density at radius 2 is 1.79 bits per heavy atom. The molecule has 1 aromatic carbocycles. The van der Waals surface area contributed by atoms with E-state index in [0.29, 0.717) is 15.9 Å². The summed E-state index contributed by atoms with van der Waals surface area (Å²) in [6, 6.07) is 11.9. The highest BCUT2D eigenvalue weighted by atomic mass is 16.5. The van der Waals surface area contributed by atoms with Gasteiger partial charge < -0.3 is 19.6 Å². The van der Waals surface area contributed by atoms with Crippen molar-refractivity contribution >= 4 is 29.6 Å². The van der Waals surface area contributed by atoms with Crippen LogP contribution >= 0.6 is 0 Å². The van der Waals surface area contributed by atoms with E-state index in [1.165, 1.54) is 12.3 Å². The molecule has 0 amide bonds. The number of ether oxygens (including phenoxy) is 2. The van der Waals surface area contributed by atoms with E-state index in [4.69, 9.17) is 14.9 Å². The quantitative estimate of drug-likeness (QED) is 0.274. The molecule has 0 saturated carbocycles. The summed E-state index contributed by atoms with van der Waals surface area (Å²) in [5, 5.41) is 0. The van der Waals surface area contributed by atoms with Crippen molar-refractivity contribution < 1.29 is 28.3 Å². The summed E-state index contributed by atoms with van der Waals surface area (Å²) in [6.45, 7) is -1.61. The van der Waals surface area contributed by atoms with Gasteiger partial charge in [-0.15, -0.1) is 0 Å². The van der Waals surface area contributed by atoms with Crippen LogP contribution in [0.4, 0.5) is 5.82 Å². The molecule has 0 unspecified atom stereocenters. The molecule has 0 radical (unpaired) electrons. The van der Waals surface area contributed by atoms with Crippen molar-refractivity contribution in [2.24, 2.45) is 0 Å². The van der Waals surface area contributed by atoms with Crippen molar-refractivity contribution in [3.05, 3.63) is 92.5 Å². The summed E-state index contributed by atoms with van der Waals surface area (Å²) < 4.78 is 16.0. The lowest BCUT2D eigenvalue weighted by Gasteiger charge is -2.16. The fraction of sp³-hybridized carbons (Fsp3) is 0.174. The molecule has 0 atom stereocenters. The maximum Gasteiger partial charge on any atom is 0.333 e. The lowest BCUT2D eigenvalue weighted by atomic mass is 10.2. The van der Waals surface area contributed by atoms with Crippen molar-refractivity contribution in [2.75, 3.05) is 19.5 Å². The lowest BCUT2D eigenvalue weighted by Crippen LogP contribution is -2.46. The third-order valence-corrected chi connectivity index (χ3v) is 4.72. The van der Waals surface area contributed by atoms with Crippen molar-refractivity contribution in [1.82, 2.24) is 9.13 Å². The third-order valence-electron chi connectivity index (χ3n) is 4.72. The van der Waals surface area contributed by atoms with Gasteiger partial charge in [-0.2, -0.15) is 0 Å². The molecule has 0 fully saturated rings. The molecule has 0 aliphatic heterocycles. The molecule has 0 aliphatic carbocycles. The normalized spacial score (nSPS) is 10.9. The molecule has 0 bridgehead atoms. The molecule has 176 valence electrons. The summed E-state index contributed by atoms with van der Waals surface area (Å²) in [5.41, 5.74) is 4.13. The van der Waals surface area contributed by atoms with E-state index in [0.717, 1.165) is 17.8 Å². The minimum atomic E-state index is -1.09. The number of nitrogen functional groups attached to an aromatic ring is 1. The minimum absolute atomic E-state index is 0.0705. The minimum Gasteiger partial charge on any atom is -0.468 e. The van der Waals surface area contributed by atoms with Crippen molar-refractivity contribution in [2.45, 2.75) is 13.1 Å². The smallest absolute Gasteiger partial charge is 0.333 e. The van der Waals surface area contributed by atoms with Crippen molar-refractivity contribution in [3.63, 3.8) is 0 Å². The van der Waals surface area contributed by atoms with Crippen LogP contribution in [0.1, 0.15) is 21.7 Å². The van der Waals surface area contributed by atoms with Gasteiger partial charge in [0, 0.05) is 6.08 Å². The SMILES string of the molecule is COC(=O)Cn1c(=O)c(C(=O)COC(=O)/C=C/c2ccco2)c(N)n(Cc2ccccc2)c1=O. The highest BCUT2D eigenvalue weighted by Gasteiger charge is 2.25. The number of carbonyl (C=O) groups excluding carboxylic acids is 3. The number of hydrogen-bond donors (Lipinski definition) is 1. The second-order valence-corrected chi connectivity index (χ2v) is 6.96. The second-order valence-electron chi connectivity index (χ2n) is 6.96. The number of methoxy groups -OCH3 is 1. The van der Waals surface area contributed by atoms with Crippen LogP contribution in [0.5, 0.6) is 0 Å². The number of esters is 2. The molecule has 11 heteroatoms.